The number of ether oxygens (including phenoxy) is 1. The van der Waals surface area contributed by atoms with Crippen LogP contribution in [0, 0.1) is 6.92 Å². The molecule has 7 heteroatoms. The first-order valence-electron chi connectivity index (χ1n) is 6.25. The Morgan fingerprint density at radius 3 is 2.85 bits per heavy atom. The largest absolute Gasteiger partial charge is 0.465 e. The summed E-state index contributed by atoms with van der Waals surface area (Å²) in [5.74, 6) is 1.47. The predicted molar refractivity (Wildman–Crippen MR) is 80.3 cm³/mol. The standard InChI is InChI=1S/C13H17N3O2S2/c1-5-11-14-15-13(16(11)3)19-7-9-6-10(12(17)18-4)20-8(9)2/h6H,5,7H2,1-4H3. The summed E-state index contributed by atoms with van der Waals surface area (Å²) in [7, 11) is 3.37. The van der Waals surface area contributed by atoms with Gasteiger partial charge in [0.25, 0.3) is 0 Å². The lowest BCUT2D eigenvalue weighted by atomic mass is 10.3. The lowest BCUT2D eigenvalue weighted by Crippen LogP contribution is -1.97. The fourth-order valence-corrected chi connectivity index (χ4v) is 3.82. The van der Waals surface area contributed by atoms with Crippen LogP contribution in [0.4, 0.5) is 0 Å². The van der Waals surface area contributed by atoms with E-state index in [1.54, 1.807) is 11.8 Å². The van der Waals surface area contributed by atoms with Gasteiger partial charge in [0.05, 0.1) is 7.11 Å². The second-order valence-electron chi connectivity index (χ2n) is 4.28. The summed E-state index contributed by atoms with van der Waals surface area (Å²) in [6, 6.07) is 1.90. The number of aryl methyl sites for hydroxylation is 2. The smallest absolute Gasteiger partial charge is 0.348 e. The third-order valence-electron chi connectivity index (χ3n) is 3.01. The molecule has 0 saturated heterocycles. The Morgan fingerprint density at radius 2 is 2.25 bits per heavy atom. The predicted octanol–water partition coefficient (Wildman–Crippen LogP) is 2.83. The number of thioether (sulfide) groups is 1. The monoisotopic (exact) mass is 311 g/mol. The molecule has 0 spiro atoms. The molecule has 2 aromatic heterocycles. The highest BCUT2D eigenvalue weighted by Gasteiger charge is 2.14. The van der Waals surface area contributed by atoms with Crippen molar-refractivity contribution >= 4 is 29.1 Å². The van der Waals surface area contributed by atoms with Crippen LogP contribution in [0.3, 0.4) is 0 Å². The van der Waals surface area contributed by atoms with E-state index in [0.29, 0.717) is 4.88 Å². The molecule has 0 aliphatic heterocycles. The number of carbonyl (C=O) groups excluding carboxylic acids is 1. The highest BCUT2D eigenvalue weighted by molar-refractivity contribution is 7.98. The van der Waals surface area contributed by atoms with Crippen molar-refractivity contribution < 1.29 is 9.53 Å². The van der Waals surface area contributed by atoms with Gasteiger partial charge in [0.1, 0.15) is 10.7 Å². The van der Waals surface area contributed by atoms with E-state index >= 15 is 0 Å². The average Bonchev–Trinajstić information content (AvgIpc) is 2.99. The van der Waals surface area contributed by atoms with E-state index in [-0.39, 0.29) is 5.97 Å². The molecule has 108 valence electrons. The zero-order valence-corrected chi connectivity index (χ0v) is 13.6. The third-order valence-corrected chi connectivity index (χ3v) is 5.15. The quantitative estimate of drug-likeness (QED) is 0.628. The molecule has 0 N–H and O–H groups in total. The first-order valence-corrected chi connectivity index (χ1v) is 8.05. The molecule has 0 unspecified atom stereocenters. The molecule has 0 amide bonds. The Bertz CT molecular complexity index is 619. The van der Waals surface area contributed by atoms with E-state index in [1.165, 1.54) is 18.4 Å². The van der Waals surface area contributed by atoms with Crippen molar-refractivity contribution in [3.05, 3.63) is 27.2 Å². The number of rotatable bonds is 5. The van der Waals surface area contributed by atoms with Crippen LogP contribution < -0.4 is 0 Å². The molecule has 2 aromatic rings. The van der Waals surface area contributed by atoms with Crippen molar-refractivity contribution in [1.29, 1.82) is 0 Å². The van der Waals surface area contributed by atoms with Crippen LogP contribution in [0.2, 0.25) is 0 Å². The highest BCUT2D eigenvalue weighted by atomic mass is 32.2. The van der Waals surface area contributed by atoms with Crippen LogP contribution in [0.25, 0.3) is 0 Å². The maximum absolute atomic E-state index is 11.5. The molecule has 2 rings (SSSR count). The molecule has 0 saturated carbocycles. The van der Waals surface area contributed by atoms with Gasteiger partial charge >= 0.3 is 5.97 Å². The second-order valence-corrected chi connectivity index (χ2v) is 6.48. The number of nitrogens with zero attached hydrogens (tertiary/aromatic N) is 3. The Kier molecular flexibility index (Phi) is 4.82. The lowest BCUT2D eigenvalue weighted by molar-refractivity contribution is 0.0606. The summed E-state index contributed by atoms with van der Waals surface area (Å²) in [6.07, 6.45) is 0.869. The molecule has 20 heavy (non-hydrogen) atoms. The minimum Gasteiger partial charge on any atom is -0.465 e. The first kappa shape index (κ1) is 15.1. The molecule has 0 aliphatic carbocycles. The van der Waals surface area contributed by atoms with E-state index in [0.717, 1.165) is 33.6 Å². The summed E-state index contributed by atoms with van der Waals surface area (Å²) >= 11 is 3.09. The Labute approximate surface area is 126 Å². The number of hydrogen-bond acceptors (Lipinski definition) is 6. The normalized spacial score (nSPS) is 10.8. The van der Waals surface area contributed by atoms with Gasteiger partial charge in [-0.05, 0) is 18.6 Å². The van der Waals surface area contributed by atoms with E-state index in [1.807, 2.05) is 24.6 Å². The Morgan fingerprint density at radius 1 is 1.50 bits per heavy atom. The minimum absolute atomic E-state index is 0.277. The van der Waals surface area contributed by atoms with Crippen LogP contribution in [0.5, 0.6) is 0 Å². The molecule has 0 bridgehead atoms. The second kappa shape index (κ2) is 6.41. The molecular formula is C13H17N3O2S2. The first-order chi connectivity index (χ1) is 9.56. The third kappa shape index (κ3) is 3.04. The van der Waals surface area contributed by atoms with Gasteiger partial charge < -0.3 is 9.30 Å². The van der Waals surface area contributed by atoms with Gasteiger partial charge in [0, 0.05) is 24.1 Å². The fraction of sp³-hybridized carbons (Fsp3) is 0.462. The van der Waals surface area contributed by atoms with Gasteiger partial charge in [0.15, 0.2) is 5.16 Å². The summed E-state index contributed by atoms with van der Waals surface area (Å²) in [5, 5.41) is 9.21. The molecule has 0 fully saturated rings. The molecule has 5 nitrogen and oxygen atoms in total. The van der Waals surface area contributed by atoms with Gasteiger partial charge in [-0.25, -0.2) is 4.79 Å². The maximum Gasteiger partial charge on any atom is 0.348 e. The number of carbonyl (C=O) groups is 1. The number of thiophene rings is 1. The molecule has 0 radical (unpaired) electrons. The van der Waals surface area contributed by atoms with Gasteiger partial charge in [-0.2, -0.15) is 0 Å². The molecule has 0 aromatic carbocycles. The van der Waals surface area contributed by atoms with Crippen LogP contribution >= 0.6 is 23.1 Å². The molecular weight excluding hydrogens is 294 g/mol. The van der Waals surface area contributed by atoms with Crippen molar-refractivity contribution in [3.8, 4) is 0 Å². The lowest BCUT2D eigenvalue weighted by Gasteiger charge is -2.02. The number of aromatic nitrogens is 3. The van der Waals surface area contributed by atoms with Crippen LogP contribution in [-0.2, 0) is 24.0 Å². The van der Waals surface area contributed by atoms with Crippen molar-refractivity contribution in [2.75, 3.05) is 7.11 Å². The van der Waals surface area contributed by atoms with Gasteiger partial charge in [0.2, 0.25) is 0 Å². The molecule has 0 aliphatic rings. The molecule has 2 heterocycles. The van der Waals surface area contributed by atoms with Gasteiger partial charge in [-0.1, -0.05) is 18.7 Å². The topological polar surface area (TPSA) is 57.0 Å². The Hall–Kier alpha value is -1.34. The highest BCUT2D eigenvalue weighted by Crippen LogP contribution is 2.28. The van der Waals surface area contributed by atoms with E-state index in [4.69, 9.17) is 4.74 Å². The summed E-state index contributed by atoms with van der Waals surface area (Å²) in [5.41, 5.74) is 1.14. The Balaban J connectivity index is 2.09. The fourth-order valence-electron chi connectivity index (χ4n) is 1.79. The van der Waals surface area contributed by atoms with E-state index < -0.39 is 0 Å². The summed E-state index contributed by atoms with van der Waals surface area (Å²) < 4.78 is 6.75. The van der Waals surface area contributed by atoms with Gasteiger partial charge in [-0.15, -0.1) is 21.5 Å². The van der Waals surface area contributed by atoms with Crippen LogP contribution in [0.1, 0.15) is 32.9 Å². The van der Waals surface area contributed by atoms with E-state index in [2.05, 4.69) is 17.1 Å². The van der Waals surface area contributed by atoms with Crippen molar-refractivity contribution in [2.24, 2.45) is 7.05 Å². The van der Waals surface area contributed by atoms with Crippen molar-refractivity contribution in [1.82, 2.24) is 14.8 Å². The van der Waals surface area contributed by atoms with Crippen LogP contribution in [0.15, 0.2) is 11.2 Å². The average molecular weight is 311 g/mol. The minimum atomic E-state index is -0.277. The van der Waals surface area contributed by atoms with E-state index in [9.17, 15) is 4.79 Å². The zero-order chi connectivity index (χ0) is 14.7. The van der Waals surface area contributed by atoms with Crippen LogP contribution in [-0.4, -0.2) is 27.8 Å². The van der Waals surface area contributed by atoms with Crippen molar-refractivity contribution in [3.63, 3.8) is 0 Å². The SMILES string of the molecule is CCc1nnc(SCc2cc(C(=O)OC)sc2C)n1C. The molecule has 0 atom stereocenters. The zero-order valence-electron chi connectivity index (χ0n) is 12.0. The number of methoxy groups -OCH3 is 1. The van der Waals surface area contributed by atoms with Crippen molar-refractivity contribution in [2.45, 2.75) is 31.2 Å². The van der Waals surface area contributed by atoms with Gasteiger partial charge in [-0.3, -0.25) is 0 Å². The summed E-state index contributed by atoms with van der Waals surface area (Å²) in [6.45, 7) is 4.07. The maximum atomic E-state index is 11.5. The summed E-state index contributed by atoms with van der Waals surface area (Å²) in [4.78, 5) is 13.3. The number of esters is 1. The number of hydrogen-bond donors (Lipinski definition) is 0.